The van der Waals surface area contributed by atoms with Gasteiger partial charge in [0.15, 0.2) is 0 Å². The van der Waals surface area contributed by atoms with Crippen LogP contribution in [0.3, 0.4) is 0 Å². The summed E-state index contributed by atoms with van der Waals surface area (Å²) in [6.07, 6.45) is 4.86. The Morgan fingerprint density at radius 1 is 1.05 bits per heavy atom. The molecule has 8 nitrogen and oxygen atoms in total. The normalized spacial score (nSPS) is 17.0. The van der Waals surface area contributed by atoms with Crippen LogP contribution >= 0.6 is 0 Å². The van der Waals surface area contributed by atoms with Crippen molar-refractivity contribution in [3.05, 3.63) is 77.5 Å². The molecule has 1 aliphatic heterocycles. The molecule has 1 aromatic heterocycles. The van der Waals surface area contributed by atoms with Crippen molar-refractivity contribution in [2.45, 2.75) is 45.1 Å². The van der Waals surface area contributed by atoms with Gasteiger partial charge in [-0.2, -0.15) is 0 Å². The Labute approximate surface area is 236 Å². The van der Waals surface area contributed by atoms with Crippen LogP contribution in [-0.4, -0.2) is 67.1 Å². The van der Waals surface area contributed by atoms with Gasteiger partial charge in [0, 0.05) is 61.8 Å². The monoisotopic (exact) mass is 541 g/mol. The highest BCUT2D eigenvalue weighted by molar-refractivity contribution is 6.01. The number of amides is 2. The van der Waals surface area contributed by atoms with Gasteiger partial charge in [-0.3, -0.25) is 9.59 Å². The lowest BCUT2D eigenvalue weighted by molar-refractivity contribution is 0.0718. The highest BCUT2D eigenvalue weighted by Crippen LogP contribution is 2.42. The van der Waals surface area contributed by atoms with Gasteiger partial charge in [-0.25, -0.2) is 4.98 Å². The lowest BCUT2D eigenvalue weighted by Crippen LogP contribution is -2.55. The maximum atomic E-state index is 13.7. The number of aromatic nitrogens is 1. The third kappa shape index (κ3) is 5.82. The van der Waals surface area contributed by atoms with Crippen LogP contribution in [-0.2, 0) is 0 Å². The van der Waals surface area contributed by atoms with Crippen LogP contribution in [0.4, 0.5) is 5.69 Å². The van der Waals surface area contributed by atoms with E-state index in [1.165, 1.54) is 5.56 Å². The SMILES string of the molecule is CCOc1ncccc1-c1ccc(N2CCN(C(=O)c3ccccc3C3CC3)C[C@H]2CC)c(C(=O)NCCN)c1. The van der Waals surface area contributed by atoms with E-state index < -0.39 is 0 Å². The highest BCUT2D eigenvalue weighted by atomic mass is 16.5. The molecule has 1 atom stereocenters. The molecule has 3 aromatic rings. The molecule has 0 spiro atoms. The van der Waals surface area contributed by atoms with E-state index in [1.807, 2.05) is 60.4 Å². The molecule has 2 aliphatic rings. The minimum atomic E-state index is -0.170. The molecular weight excluding hydrogens is 502 g/mol. The van der Waals surface area contributed by atoms with Crippen molar-refractivity contribution in [3.63, 3.8) is 0 Å². The minimum Gasteiger partial charge on any atom is -0.478 e. The molecule has 2 amide bonds. The lowest BCUT2D eigenvalue weighted by atomic mass is 9.98. The van der Waals surface area contributed by atoms with E-state index in [1.54, 1.807) is 6.20 Å². The van der Waals surface area contributed by atoms with Crippen LogP contribution in [0.2, 0.25) is 0 Å². The van der Waals surface area contributed by atoms with Gasteiger partial charge in [0.05, 0.1) is 12.2 Å². The Morgan fingerprint density at radius 2 is 1.88 bits per heavy atom. The van der Waals surface area contributed by atoms with Gasteiger partial charge >= 0.3 is 0 Å². The fourth-order valence-electron chi connectivity index (χ4n) is 5.60. The Kier molecular flexibility index (Phi) is 8.65. The number of pyridine rings is 1. The Bertz CT molecular complexity index is 1360. The number of anilines is 1. The van der Waals surface area contributed by atoms with Crippen molar-refractivity contribution < 1.29 is 14.3 Å². The van der Waals surface area contributed by atoms with Crippen molar-refractivity contribution in [2.75, 3.05) is 44.2 Å². The Balaban J connectivity index is 1.44. The summed E-state index contributed by atoms with van der Waals surface area (Å²) < 4.78 is 5.76. The molecule has 40 heavy (non-hydrogen) atoms. The largest absolute Gasteiger partial charge is 0.478 e. The van der Waals surface area contributed by atoms with E-state index in [4.69, 9.17) is 10.5 Å². The molecule has 3 N–H and O–H groups in total. The average molecular weight is 542 g/mol. The molecule has 2 aromatic carbocycles. The number of benzene rings is 2. The number of hydrogen-bond acceptors (Lipinski definition) is 6. The number of nitrogens with two attached hydrogens (primary N) is 1. The number of nitrogens with zero attached hydrogens (tertiary/aromatic N) is 3. The smallest absolute Gasteiger partial charge is 0.254 e. The summed E-state index contributed by atoms with van der Waals surface area (Å²) in [5.74, 6) is 0.989. The summed E-state index contributed by atoms with van der Waals surface area (Å²) in [6, 6.07) is 17.9. The molecule has 2 fully saturated rings. The molecule has 210 valence electrons. The molecule has 5 rings (SSSR count). The molecule has 0 radical (unpaired) electrons. The number of hydrogen-bond donors (Lipinski definition) is 2. The molecular formula is C32H39N5O3. The first-order valence-corrected chi connectivity index (χ1v) is 14.4. The first-order chi connectivity index (χ1) is 19.5. The van der Waals surface area contributed by atoms with Gasteiger partial charge in [-0.1, -0.05) is 31.2 Å². The van der Waals surface area contributed by atoms with E-state index in [0.29, 0.717) is 56.7 Å². The highest BCUT2D eigenvalue weighted by Gasteiger charge is 2.34. The summed E-state index contributed by atoms with van der Waals surface area (Å²) in [6.45, 7) is 7.15. The second-order valence-corrected chi connectivity index (χ2v) is 10.4. The van der Waals surface area contributed by atoms with Gasteiger partial charge in [-0.05, 0) is 73.6 Å². The summed E-state index contributed by atoms with van der Waals surface area (Å²) in [7, 11) is 0. The van der Waals surface area contributed by atoms with E-state index in [0.717, 1.165) is 41.6 Å². The van der Waals surface area contributed by atoms with Crippen molar-refractivity contribution in [1.82, 2.24) is 15.2 Å². The molecule has 0 bridgehead atoms. The number of rotatable bonds is 10. The summed E-state index contributed by atoms with van der Waals surface area (Å²) in [5.41, 5.74) is 10.8. The van der Waals surface area contributed by atoms with Gasteiger partial charge < -0.3 is 25.6 Å². The fraction of sp³-hybridized carbons (Fsp3) is 0.406. The number of piperazine rings is 1. The molecule has 1 saturated heterocycles. The van der Waals surface area contributed by atoms with Crippen molar-refractivity contribution >= 4 is 17.5 Å². The second kappa shape index (κ2) is 12.5. The predicted octanol–water partition coefficient (Wildman–Crippen LogP) is 4.45. The van der Waals surface area contributed by atoms with E-state index in [-0.39, 0.29) is 17.9 Å². The number of carbonyl (C=O) groups excluding carboxylic acids is 2. The zero-order valence-corrected chi connectivity index (χ0v) is 23.4. The van der Waals surface area contributed by atoms with Crippen LogP contribution in [0.15, 0.2) is 60.8 Å². The van der Waals surface area contributed by atoms with E-state index in [9.17, 15) is 9.59 Å². The van der Waals surface area contributed by atoms with Gasteiger partial charge in [0.1, 0.15) is 0 Å². The van der Waals surface area contributed by atoms with Crippen molar-refractivity contribution in [3.8, 4) is 17.0 Å². The van der Waals surface area contributed by atoms with Crippen LogP contribution < -0.4 is 20.7 Å². The third-order valence-corrected chi connectivity index (χ3v) is 7.79. The van der Waals surface area contributed by atoms with Crippen LogP contribution in [0.25, 0.3) is 11.1 Å². The van der Waals surface area contributed by atoms with Gasteiger partial charge in [0.25, 0.3) is 11.8 Å². The number of nitrogens with one attached hydrogen (secondary N) is 1. The second-order valence-electron chi connectivity index (χ2n) is 10.4. The predicted molar refractivity (Wildman–Crippen MR) is 158 cm³/mol. The van der Waals surface area contributed by atoms with E-state index >= 15 is 0 Å². The minimum absolute atomic E-state index is 0.0788. The van der Waals surface area contributed by atoms with Gasteiger partial charge in [-0.15, -0.1) is 0 Å². The zero-order chi connectivity index (χ0) is 28.1. The molecule has 1 aliphatic carbocycles. The quantitative estimate of drug-likeness (QED) is 0.393. The first-order valence-electron chi connectivity index (χ1n) is 14.4. The molecule has 8 heteroatoms. The Morgan fingerprint density at radius 3 is 2.62 bits per heavy atom. The van der Waals surface area contributed by atoms with Crippen molar-refractivity contribution in [2.24, 2.45) is 5.73 Å². The first kappa shape index (κ1) is 27.6. The van der Waals surface area contributed by atoms with Crippen LogP contribution in [0.5, 0.6) is 5.88 Å². The third-order valence-electron chi connectivity index (χ3n) is 7.79. The van der Waals surface area contributed by atoms with Crippen LogP contribution in [0, 0.1) is 0 Å². The maximum Gasteiger partial charge on any atom is 0.254 e. The Hall–Kier alpha value is -3.91. The maximum absolute atomic E-state index is 13.7. The average Bonchev–Trinajstić information content (AvgIpc) is 3.85. The molecule has 1 saturated carbocycles. The summed E-state index contributed by atoms with van der Waals surface area (Å²) in [4.78, 5) is 35.7. The number of ether oxygens (including phenoxy) is 1. The fourth-order valence-corrected chi connectivity index (χ4v) is 5.60. The zero-order valence-electron chi connectivity index (χ0n) is 23.4. The summed E-state index contributed by atoms with van der Waals surface area (Å²) in [5, 5.41) is 2.95. The summed E-state index contributed by atoms with van der Waals surface area (Å²) >= 11 is 0. The topological polar surface area (TPSA) is 101 Å². The molecule has 2 heterocycles. The number of carbonyl (C=O) groups is 2. The van der Waals surface area contributed by atoms with Crippen molar-refractivity contribution in [1.29, 1.82) is 0 Å². The standard InChI is InChI=1S/C32H39N5O3/c1-3-24-21-36(32(39)27-9-6-5-8-25(27)22-11-12-22)18-19-37(24)29-14-13-23(20-28(29)30(38)34-17-15-33)26-10-7-16-35-31(26)40-4-2/h5-10,13-14,16,20,22,24H,3-4,11-12,15,17-19,21,33H2,1-2H3,(H,34,38)/t24-/m1/s1. The van der Waals surface area contributed by atoms with E-state index in [2.05, 4.69) is 28.2 Å². The van der Waals surface area contributed by atoms with Gasteiger partial charge in [0.2, 0.25) is 5.88 Å². The van der Waals surface area contributed by atoms with Crippen LogP contribution in [0.1, 0.15) is 65.3 Å². The molecule has 0 unspecified atom stereocenters. The lowest BCUT2D eigenvalue weighted by Gasteiger charge is -2.43.